The highest BCUT2D eigenvalue weighted by Crippen LogP contribution is 2.45. The van der Waals surface area contributed by atoms with Crippen LogP contribution in [-0.2, 0) is 0 Å². The number of fused-ring (bicyclic) bond motifs is 2. The maximum atomic E-state index is 14.0. The number of hydrogen-bond donors (Lipinski definition) is 2. The lowest BCUT2D eigenvalue weighted by Gasteiger charge is -2.18. The van der Waals surface area contributed by atoms with Crippen molar-refractivity contribution in [2.75, 3.05) is 13.1 Å². The Labute approximate surface area is 190 Å². The third kappa shape index (κ3) is 4.57. The van der Waals surface area contributed by atoms with Gasteiger partial charge in [0.2, 0.25) is 0 Å². The van der Waals surface area contributed by atoms with Gasteiger partial charge in [0.1, 0.15) is 17.3 Å². The van der Waals surface area contributed by atoms with Crippen molar-refractivity contribution in [3.05, 3.63) is 86.4 Å². The zero-order valence-electron chi connectivity index (χ0n) is 17.7. The van der Waals surface area contributed by atoms with E-state index in [9.17, 15) is 14.0 Å². The molecular weight excluding hydrogens is 423 g/mol. The fourth-order valence-electron chi connectivity index (χ4n) is 3.69. The molecule has 2 amide bonds. The lowest BCUT2D eigenvalue weighted by molar-refractivity contribution is 0.200. The highest BCUT2D eigenvalue weighted by atomic mass is 19.1. The summed E-state index contributed by atoms with van der Waals surface area (Å²) in [4.78, 5) is 24.5. The quantitative estimate of drug-likeness (QED) is 0.417. The monoisotopic (exact) mass is 444 g/mol. The molecule has 4 aromatic rings. The summed E-state index contributed by atoms with van der Waals surface area (Å²) in [6, 6.07) is 18.6. The average Bonchev–Trinajstić information content (AvgIpc) is 2.79. The van der Waals surface area contributed by atoms with Crippen molar-refractivity contribution in [3.8, 4) is 22.6 Å². The van der Waals surface area contributed by atoms with Gasteiger partial charge in [-0.3, -0.25) is 0 Å². The smallest absolute Gasteiger partial charge is 0.410 e. The minimum atomic E-state index is -0.690. The summed E-state index contributed by atoms with van der Waals surface area (Å²) < 4.78 is 25.2. The van der Waals surface area contributed by atoms with E-state index in [2.05, 4.69) is 24.5 Å². The standard InChI is InChI=1S/C26H21FN2O4/c1-3-28-25(30)32-21-13-9-16-7-5-6-8-19(16)23(21)24-20-12-11-18(27)15-17(20)10-14-22(24)33-26(31)29-4-2/h5-15H,1-4H2,(H,28,30)(H,29,31). The van der Waals surface area contributed by atoms with E-state index in [4.69, 9.17) is 9.47 Å². The minimum Gasteiger partial charge on any atom is -0.410 e. The van der Waals surface area contributed by atoms with E-state index in [1.165, 1.54) is 12.1 Å². The molecule has 0 heterocycles. The van der Waals surface area contributed by atoms with Crippen LogP contribution in [0.3, 0.4) is 0 Å². The van der Waals surface area contributed by atoms with Crippen LogP contribution in [0.4, 0.5) is 14.0 Å². The highest BCUT2D eigenvalue weighted by molar-refractivity contribution is 6.10. The fraction of sp³-hybridized carbons (Fsp3) is 0.0769. The van der Waals surface area contributed by atoms with Gasteiger partial charge >= 0.3 is 12.2 Å². The number of ether oxygens (including phenoxy) is 2. The van der Waals surface area contributed by atoms with Gasteiger partial charge in [-0.2, -0.15) is 0 Å². The van der Waals surface area contributed by atoms with Gasteiger partial charge in [-0.05, 0) is 59.7 Å². The third-order valence-electron chi connectivity index (χ3n) is 5.03. The first-order valence-corrected chi connectivity index (χ1v) is 10.3. The number of rotatable bonds is 5. The summed E-state index contributed by atoms with van der Waals surface area (Å²) in [6.07, 6.45) is -1.37. The Kier molecular flexibility index (Phi) is 6.40. The zero-order valence-corrected chi connectivity index (χ0v) is 17.7. The predicted octanol–water partition coefficient (Wildman–Crippen LogP) is 5.64. The number of amides is 2. The lowest BCUT2D eigenvalue weighted by Crippen LogP contribution is -2.27. The first kappa shape index (κ1) is 22.1. The summed E-state index contributed by atoms with van der Waals surface area (Å²) >= 11 is 0. The van der Waals surface area contributed by atoms with E-state index in [1.54, 1.807) is 24.3 Å². The molecule has 0 unspecified atom stereocenters. The summed E-state index contributed by atoms with van der Waals surface area (Å²) in [6.45, 7) is 7.47. The number of carbonyl (C=O) groups is 2. The number of hydrogen-bond acceptors (Lipinski definition) is 4. The fourth-order valence-corrected chi connectivity index (χ4v) is 3.69. The molecule has 0 aromatic heterocycles. The van der Waals surface area contributed by atoms with E-state index in [0.29, 0.717) is 21.9 Å². The number of halogens is 1. The average molecular weight is 444 g/mol. The van der Waals surface area contributed by atoms with Crippen LogP contribution < -0.4 is 20.1 Å². The van der Waals surface area contributed by atoms with E-state index >= 15 is 0 Å². The van der Waals surface area contributed by atoms with E-state index in [0.717, 1.165) is 10.8 Å². The molecule has 0 aliphatic carbocycles. The minimum absolute atomic E-state index is 0.140. The van der Waals surface area contributed by atoms with Gasteiger partial charge in [0.05, 0.1) is 0 Å². The molecule has 4 rings (SSSR count). The van der Waals surface area contributed by atoms with Crippen molar-refractivity contribution in [3.63, 3.8) is 0 Å². The second-order valence-corrected chi connectivity index (χ2v) is 7.10. The molecule has 4 aromatic carbocycles. The Hall–Kier alpha value is -4.13. The lowest BCUT2D eigenvalue weighted by atomic mass is 9.92. The Morgan fingerprint density at radius 3 is 1.88 bits per heavy atom. The molecule has 0 saturated carbocycles. The van der Waals surface area contributed by atoms with E-state index in [-0.39, 0.29) is 24.6 Å². The highest BCUT2D eigenvalue weighted by Gasteiger charge is 2.22. The van der Waals surface area contributed by atoms with Gasteiger partial charge in [-0.15, -0.1) is 0 Å². The Morgan fingerprint density at radius 1 is 0.727 bits per heavy atom. The molecule has 33 heavy (non-hydrogen) atoms. The Balaban J connectivity index is 2.04. The second kappa shape index (κ2) is 9.56. The molecule has 0 fully saturated rings. The molecule has 0 atom stereocenters. The van der Waals surface area contributed by atoms with Crippen molar-refractivity contribution in [1.82, 2.24) is 10.6 Å². The summed E-state index contributed by atoms with van der Waals surface area (Å²) in [5.74, 6) is 0.0684. The number of carbonyl (C=O) groups excluding carboxylic acids is 2. The largest absolute Gasteiger partial charge is 0.412 e. The molecule has 2 radical (unpaired) electrons. The van der Waals surface area contributed by atoms with Crippen LogP contribution in [0.1, 0.15) is 0 Å². The van der Waals surface area contributed by atoms with Crippen LogP contribution in [0.5, 0.6) is 11.5 Å². The number of benzene rings is 4. The summed E-state index contributed by atoms with van der Waals surface area (Å²) in [5.41, 5.74) is 1.02. The van der Waals surface area contributed by atoms with Crippen LogP contribution in [0.25, 0.3) is 32.7 Å². The summed E-state index contributed by atoms with van der Waals surface area (Å²) in [5, 5.41) is 7.85. The van der Waals surface area contributed by atoms with Crippen LogP contribution in [-0.4, -0.2) is 25.3 Å². The van der Waals surface area contributed by atoms with E-state index in [1.807, 2.05) is 30.3 Å². The van der Waals surface area contributed by atoms with Gasteiger partial charge in [-0.25, -0.2) is 14.0 Å². The van der Waals surface area contributed by atoms with Crippen molar-refractivity contribution >= 4 is 33.7 Å². The Morgan fingerprint density at radius 2 is 1.27 bits per heavy atom. The van der Waals surface area contributed by atoms with E-state index < -0.39 is 18.0 Å². The summed E-state index contributed by atoms with van der Waals surface area (Å²) in [7, 11) is 0. The van der Waals surface area contributed by atoms with Crippen molar-refractivity contribution in [2.24, 2.45) is 0 Å². The molecule has 2 N–H and O–H groups in total. The molecule has 0 saturated heterocycles. The van der Waals surface area contributed by atoms with Crippen molar-refractivity contribution in [2.45, 2.75) is 0 Å². The van der Waals surface area contributed by atoms with Gasteiger partial charge in [0.15, 0.2) is 0 Å². The van der Waals surface area contributed by atoms with Gasteiger partial charge in [-0.1, -0.05) is 42.5 Å². The van der Waals surface area contributed by atoms with Crippen molar-refractivity contribution < 1.29 is 23.5 Å². The first-order valence-electron chi connectivity index (χ1n) is 10.3. The topological polar surface area (TPSA) is 76.7 Å². The molecule has 7 heteroatoms. The third-order valence-corrected chi connectivity index (χ3v) is 5.03. The maximum absolute atomic E-state index is 14.0. The first-order chi connectivity index (χ1) is 16.0. The molecule has 166 valence electrons. The molecule has 0 bridgehead atoms. The predicted molar refractivity (Wildman–Crippen MR) is 126 cm³/mol. The van der Waals surface area contributed by atoms with Crippen LogP contribution in [0.15, 0.2) is 66.7 Å². The van der Waals surface area contributed by atoms with Gasteiger partial charge in [0, 0.05) is 24.2 Å². The Bertz CT molecular complexity index is 1350. The second-order valence-electron chi connectivity index (χ2n) is 7.10. The van der Waals surface area contributed by atoms with Crippen LogP contribution >= 0.6 is 0 Å². The number of nitrogens with one attached hydrogen (secondary N) is 2. The maximum Gasteiger partial charge on any atom is 0.412 e. The molecular formula is C26H21FN2O4. The normalized spacial score (nSPS) is 10.8. The van der Waals surface area contributed by atoms with Crippen molar-refractivity contribution in [1.29, 1.82) is 0 Å². The van der Waals surface area contributed by atoms with Crippen LogP contribution in [0, 0.1) is 19.7 Å². The molecule has 6 nitrogen and oxygen atoms in total. The molecule has 0 aliphatic rings. The van der Waals surface area contributed by atoms with Crippen LogP contribution in [0.2, 0.25) is 0 Å². The van der Waals surface area contributed by atoms with Gasteiger partial charge < -0.3 is 20.1 Å². The zero-order chi connectivity index (χ0) is 23.4. The molecule has 0 spiro atoms. The van der Waals surface area contributed by atoms with Gasteiger partial charge in [0.25, 0.3) is 0 Å². The SMILES string of the molecule is [CH2]CNC(=O)Oc1ccc2ccccc2c1-c1c(OC(=O)NC[CH2])ccc2cc(F)ccc12. The molecule has 0 aliphatic heterocycles.